The summed E-state index contributed by atoms with van der Waals surface area (Å²) in [7, 11) is 0. The van der Waals surface area contributed by atoms with Gasteiger partial charge in [0.25, 0.3) is 0 Å². The molecule has 4 rings (SSSR count). The lowest BCUT2D eigenvalue weighted by Crippen LogP contribution is -2.29. The second kappa shape index (κ2) is 7.88. The van der Waals surface area contributed by atoms with E-state index in [-0.39, 0.29) is 5.82 Å². The van der Waals surface area contributed by atoms with Crippen LogP contribution in [0.2, 0.25) is 0 Å². The van der Waals surface area contributed by atoms with Gasteiger partial charge in [0, 0.05) is 30.2 Å². The molecule has 0 fully saturated rings. The molecule has 0 spiro atoms. The molecule has 0 saturated carbocycles. The Kier molecular flexibility index (Phi) is 5.16. The van der Waals surface area contributed by atoms with Crippen LogP contribution in [-0.4, -0.2) is 29.5 Å². The Bertz CT molecular complexity index is 895. The fourth-order valence-electron chi connectivity index (χ4n) is 3.89. The molecule has 1 aliphatic heterocycles. The van der Waals surface area contributed by atoms with Crippen molar-refractivity contribution < 1.29 is 4.39 Å². The number of hydrogen-bond acceptors (Lipinski definition) is 1. The summed E-state index contributed by atoms with van der Waals surface area (Å²) in [6.07, 6.45) is 8.56. The lowest BCUT2D eigenvalue weighted by molar-refractivity contribution is 0.295. The van der Waals surface area contributed by atoms with Crippen LogP contribution in [-0.2, 0) is 6.42 Å². The molecule has 2 nitrogen and oxygen atoms in total. The average molecular weight is 348 g/mol. The van der Waals surface area contributed by atoms with Crippen LogP contribution in [0.1, 0.15) is 30.4 Å². The zero-order valence-corrected chi connectivity index (χ0v) is 15.0. The number of fused-ring (bicyclic) bond motifs is 1. The van der Waals surface area contributed by atoms with Gasteiger partial charge in [0.05, 0.1) is 0 Å². The molecular weight excluding hydrogens is 323 g/mol. The third kappa shape index (κ3) is 3.88. The Morgan fingerprint density at radius 2 is 1.92 bits per heavy atom. The van der Waals surface area contributed by atoms with E-state index in [1.54, 1.807) is 12.1 Å². The van der Waals surface area contributed by atoms with Crippen molar-refractivity contribution >= 4 is 16.5 Å². The van der Waals surface area contributed by atoms with Crippen LogP contribution in [0.25, 0.3) is 16.5 Å². The summed E-state index contributed by atoms with van der Waals surface area (Å²) >= 11 is 0. The molecular formula is C23H25FN2. The molecule has 0 unspecified atom stereocenters. The number of hydrogen-bond donors (Lipinski definition) is 1. The van der Waals surface area contributed by atoms with Gasteiger partial charge in [0.1, 0.15) is 5.82 Å². The smallest absolute Gasteiger partial charge is 0.125 e. The Morgan fingerprint density at radius 3 is 2.73 bits per heavy atom. The van der Waals surface area contributed by atoms with Crippen LogP contribution in [0, 0.1) is 5.82 Å². The standard InChI is InChI=1S/C23H25FN2/c24-21-16-20(22-9-12-25-23(22)17-21)8-4-5-13-26-14-10-19(11-15-26)18-6-2-1-3-7-18/h1-3,6-7,9-10,12,16-17,25H,4-5,8,11,13-15H2. The van der Waals surface area contributed by atoms with Gasteiger partial charge in [-0.05, 0) is 67.1 Å². The minimum Gasteiger partial charge on any atom is -0.361 e. The Morgan fingerprint density at radius 1 is 1.04 bits per heavy atom. The number of aromatic nitrogens is 1. The number of nitrogens with one attached hydrogen (secondary N) is 1. The van der Waals surface area contributed by atoms with Crippen molar-refractivity contribution in [3.05, 3.63) is 77.7 Å². The highest BCUT2D eigenvalue weighted by molar-refractivity contribution is 5.83. The van der Waals surface area contributed by atoms with Crippen molar-refractivity contribution in [1.82, 2.24) is 9.88 Å². The molecule has 0 saturated heterocycles. The first-order chi connectivity index (χ1) is 12.8. The Labute approximate surface area is 154 Å². The van der Waals surface area contributed by atoms with E-state index >= 15 is 0 Å². The van der Waals surface area contributed by atoms with Crippen molar-refractivity contribution in [3.63, 3.8) is 0 Å². The second-order valence-electron chi connectivity index (χ2n) is 7.11. The quantitative estimate of drug-likeness (QED) is 0.589. The maximum absolute atomic E-state index is 13.7. The van der Waals surface area contributed by atoms with E-state index in [0.717, 1.165) is 61.8 Å². The molecule has 1 N–H and O–H groups in total. The van der Waals surface area contributed by atoms with Gasteiger partial charge in [-0.25, -0.2) is 4.39 Å². The van der Waals surface area contributed by atoms with Gasteiger partial charge in [-0.2, -0.15) is 0 Å². The predicted molar refractivity (Wildman–Crippen MR) is 107 cm³/mol. The van der Waals surface area contributed by atoms with Gasteiger partial charge in [-0.15, -0.1) is 0 Å². The number of nitrogens with zero attached hydrogens (tertiary/aromatic N) is 1. The topological polar surface area (TPSA) is 19.0 Å². The molecule has 3 heteroatoms. The van der Waals surface area contributed by atoms with Gasteiger partial charge in [-0.3, -0.25) is 4.90 Å². The molecule has 1 aromatic heterocycles. The number of aryl methyl sites for hydroxylation is 1. The highest BCUT2D eigenvalue weighted by Gasteiger charge is 2.12. The number of benzene rings is 2. The Hall–Kier alpha value is -2.39. The normalized spacial score (nSPS) is 15.3. The summed E-state index contributed by atoms with van der Waals surface area (Å²) in [5.41, 5.74) is 4.84. The van der Waals surface area contributed by atoms with Gasteiger partial charge in [-0.1, -0.05) is 36.4 Å². The molecule has 0 atom stereocenters. The van der Waals surface area contributed by atoms with Crippen LogP contribution in [0.3, 0.4) is 0 Å². The fourth-order valence-corrected chi connectivity index (χ4v) is 3.89. The van der Waals surface area contributed by atoms with Crippen LogP contribution in [0.15, 0.2) is 60.8 Å². The summed E-state index contributed by atoms with van der Waals surface area (Å²) in [5, 5.41) is 1.15. The fraction of sp³-hybridized carbons (Fsp3) is 0.304. The maximum Gasteiger partial charge on any atom is 0.125 e. The molecule has 3 aromatic rings. The van der Waals surface area contributed by atoms with E-state index in [0.29, 0.717) is 0 Å². The molecule has 0 bridgehead atoms. The molecule has 134 valence electrons. The molecule has 0 amide bonds. The second-order valence-corrected chi connectivity index (χ2v) is 7.11. The third-order valence-corrected chi connectivity index (χ3v) is 5.33. The van der Waals surface area contributed by atoms with Crippen molar-refractivity contribution in [2.75, 3.05) is 19.6 Å². The largest absolute Gasteiger partial charge is 0.361 e. The highest BCUT2D eigenvalue weighted by Crippen LogP contribution is 2.23. The molecule has 2 heterocycles. The number of H-pyrrole nitrogens is 1. The van der Waals surface area contributed by atoms with Crippen molar-refractivity contribution in [1.29, 1.82) is 0 Å². The van der Waals surface area contributed by atoms with Gasteiger partial charge < -0.3 is 4.98 Å². The van der Waals surface area contributed by atoms with E-state index in [1.807, 2.05) is 12.3 Å². The van der Waals surface area contributed by atoms with Crippen LogP contribution in [0.4, 0.5) is 4.39 Å². The Balaban J connectivity index is 1.27. The van der Waals surface area contributed by atoms with Crippen LogP contribution >= 0.6 is 0 Å². The number of unbranched alkanes of at least 4 members (excludes halogenated alkanes) is 1. The molecule has 0 aliphatic carbocycles. The monoisotopic (exact) mass is 348 g/mol. The first-order valence-electron chi connectivity index (χ1n) is 9.52. The third-order valence-electron chi connectivity index (χ3n) is 5.33. The molecule has 2 aromatic carbocycles. The lowest BCUT2D eigenvalue weighted by Gasteiger charge is -2.26. The summed E-state index contributed by atoms with van der Waals surface area (Å²) < 4.78 is 13.7. The summed E-state index contributed by atoms with van der Waals surface area (Å²) in [6, 6.07) is 16.0. The molecule has 26 heavy (non-hydrogen) atoms. The average Bonchev–Trinajstić information content (AvgIpc) is 3.15. The van der Waals surface area contributed by atoms with Crippen molar-refractivity contribution in [3.8, 4) is 0 Å². The van der Waals surface area contributed by atoms with Gasteiger partial charge in [0.2, 0.25) is 0 Å². The van der Waals surface area contributed by atoms with Gasteiger partial charge >= 0.3 is 0 Å². The zero-order valence-electron chi connectivity index (χ0n) is 15.0. The minimum atomic E-state index is -0.149. The maximum atomic E-state index is 13.7. The zero-order chi connectivity index (χ0) is 17.8. The number of rotatable bonds is 6. The summed E-state index contributed by atoms with van der Waals surface area (Å²) in [4.78, 5) is 5.62. The van der Waals surface area contributed by atoms with Crippen LogP contribution in [0.5, 0.6) is 0 Å². The SMILES string of the molecule is Fc1cc(CCCCN2CC=C(c3ccccc3)CC2)c2cc[nH]c2c1. The first kappa shape index (κ1) is 17.0. The van der Waals surface area contributed by atoms with E-state index in [1.165, 1.54) is 11.1 Å². The van der Waals surface area contributed by atoms with E-state index < -0.39 is 0 Å². The number of halogens is 1. The first-order valence-corrected chi connectivity index (χ1v) is 9.52. The highest BCUT2D eigenvalue weighted by atomic mass is 19.1. The lowest BCUT2D eigenvalue weighted by atomic mass is 9.99. The van der Waals surface area contributed by atoms with E-state index in [9.17, 15) is 4.39 Å². The summed E-state index contributed by atoms with van der Waals surface area (Å²) in [6.45, 7) is 3.28. The minimum absolute atomic E-state index is 0.149. The van der Waals surface area contributed by atoms with E-state index in [2.05, 4.69) is 46.3 Å². The number of aromatic amines is 1. The molecule has 1 aliphatic rings. The van der Waals surface area contributed by atoms with Crippen molar-refractivity contribution in [2.45, 2.75) is 25.7 Å². The summed E-state index contributed by atoms with van der Waals surface area (Å²) in [5.74, 6) is -0.149. The van der Waals surface area contributed by atoms with E-state index in [4.69, 9.17) is 0 Å². The molecule has 0 radical (unpaired) electrons. The van der Waals surface area contributed by atoms with Gasteiger partial charge in [0.15, 0.2) is 0 Å². The van der Waals surface area contributed by atoms with Crippen molar-refractivity contribution in [2.24, 2.45) is 0 Å². The van der Waals surface area contributed by atoms with Crippen LogP contribution < -0.4 is 0 Å². The predicted octanol–water partition coefficient (Wildman–Crippen LogP) is 5.42.